The van der Waals surface area contributed by atoms with Gasteiger partial charge in [0.25, 0.3) is 6.43 Å². The van der Waals surface area contributed by atoms with Gasteiger partial charge in [-0.1, -0.05) is 25.6 Å². The maximum absolute atomic E-state index is 13.7. The number of methoxy groups -OCH3 is 1. The summed E-state index contributed by atoms with van der Waals surface area (Å²) >= 11 is 0.885. The zero-order valence-electron chi connectivity index (χ0n) is 15.8. The Morgan fingerprint density at radius 3 is 2.28 bits per heavy atom. The Hall–Kier alpha value is -2.30. The molecule has 0 aromatic carbocycles. The van der Waals surface area contributed by atoms with Gasteiger partial charge in [0.1, 0.15) is 11.4 Å². The molecule has 0 radical (unpaired) electrons. The average Bonchev–Trinajstić information content (AvgIpc) is 2.65. The summed E-state index contributed by atoms with van der Waals surface area (Å²) in [6, 6.07) is 1.55. The fourth-order valence-electron chi connectivity index (χ4n) is 2.70. The Bertz CT molecular complexity index is 861. The van der Waals surface area contributed by atoms with Crippen LogP contribution in [0.5, 0.6) is 0 Å². The molecule has 0 saturated carbocycles. The van der Waals surface area contributed by atoms with Crippen molar-refractivity contribution in [3.05, 3.63) is 46.5 Å². The van der Waals surface area contributed by atoms with Crippen LogP contribution in [0.25, 0.3) is 0 Å². The van der Waals surface area contributed by atoms with Crippen LogP contribution in [0.2, 0.25) is 0 Å². The van der Waals surface area contributed by atoms with Crippen LogP contribution in [0.1, 0.15) is 53.1 Å². The minimum Gasteiger partial charge on any atom is -0.465 e. The second kappa shape index (κ2) is 9.47. The number of thioether (sulfide) groups is 1. The van der Waals surface area contributed by atoms with Gasteiger partial charge in [-0.25, -0.2) is 28.5 Å². The molecule has 2 heterocycles. The number of nitrogens with zero attached hydrogens (tertiary/aromatic N) is 3. The van der Waals surface area contributed by atoms with Gasteiger partial charge in [0, 0.05) is 18.1 Å². The predicted molar refractivity (Wildman–Crippen MR) is 95.7 cm³/mol. The number of aromatic nitrogens is 3. The normalized spacial score (nSPS) is 11.9. The molecule has 0 saturated heterocycles. The molecule has 0 aliphatic rings. The van der Waals surface area contributed by atoms with E-state index in [1.807, 2.05) is 0 Å². The number of carbonyl (C=O) groups is 1. The van der Waals surface area contributed by atoms with E-state index < -0.39 is 35.5 Å². The van der Waals surface area contributed by atoms with Gasteiger partial charge in [-0.15, -0.1) is 0 Å². The summed E-state index contributed by atoms with van der Waals surface area (Å²) in [5, 5.41) is 0.202. The second-order valence-corrected chi connectivity index (χ2v) is 7.33. The summed E-state index contributed by atoms with van der Waals surface area (Å²) in [5.41, 5.74) is -3.79. The zero-order chi connectivity index (χ0) is 21.8. The van der Waals surface area contributed by atoms with E-state index in [1.165, 1.54) is 12.4 Å². The zero-order valence-corrected chi connectivity index (χ0v) is 16.6. The van der Waals surface area contributed by atoms with Crippen molar-refractivity contribution in [2.75, 3.05) is 7.11 Å². The summed E-state index contributed by atoms with van der Waals surface area (Å²) in [6.07, 6.45) is -5.56. The summed E-state index contributed by atoms with van der Waals surface area (Å²) in [6.45, 7) is 3.40. The molecular formula is C18H18F5N3O2S. The molecule has 0 bridgehead atoms. The van der Waals surface area contributed by atoms with Crippen molar-refractivity contribution >= 4 is 17.7 Å². The smallest absolute Gasteiger partial charge is 0.433 e. The number of ether oxygens (including phenoxy) is 1. The van der Waals surface area contributed by atoms with Crippen LogP contribution < -0.4 is 0 Å². The van der Waals surface area contributed by atoms with Crippen molar-refractivity contribution < 1.29 is 31.5 Å². The van der Waals surface area contributed by atoms with Crippen molar-refractivity contribution in [2.24, 2.45) is 5.92 Å². The van der Waals surface area contributed by atoms with Crippen LogP contribution in [0.4, 0.5) is 22.0 Å². The number of alkyl halides is 5. The molecule has 2 rings (SSSR count). The van der Waals surface area contributed by atoms with Gasteiger partial charge >= 0.3 is 12.1 Å². The first kappa shape index (κ1) is 23.0. The van der Waals surface area contributed by atoms with Crippen LogP contribution in [-0.2, 0) is 23.1 Å². The molecule has 29 heavy (non-hydrogen) atoms. The molecule has 0 aliphatic heterocycles. The minimum atomic E-state index is -4.99. The van der Waals surface area contributed by atoms with E-state index in [4.69, 9.17) is 0 Å². The molecule has 0 unspecified atom stereocenters. The Kier molecular flexibility index (Phi) is 7.50. The van der Waals surface area contributed by atoms with Crippen LogP contribution in [0, 0.1) is 5.92 Å². The summed E-state index contributed by atoms with van der Waals surface area (Å²) in [4.78, 5) is 23.3. The van der Waals surface area contributed by atoms with E-state index >= 15 is 0 Å². The molecule has 0 atom stereocenters. The van der Waals surface area contributed by atoms with Crippen molar-refractivity contribution in [3.8, 4) is 0 Å². The van der Waals surface area contributed by atoms with Gasteiger partial charge in [-0.2, -0.15) is 13.2 Å². The molecule has 2 aromatic rings. The fraction of sp³-hybridized carbons (Fsp3) is 0.444. The van der Waals surface area contributed by atoms with E-state index in [1.54, 1.807) is 19.9 Å². The number of carbonyl (C=O) groups excluding carboxylic acids is 1. The number of hydrogen-bond acceptors (Lipinski definition) is 6. The van der Waals surface area contributed by atoms with E-state index in [9.17, 15) is 26.7 Å². The molecule has 0 aliphatic carbocycles. The van der Waals surface area contributed by atoms with Crippen molar-refractivity contribution in [1.82, 2.24) is 15.0 Å². The van der Waals surface area contributed by atoms with Crippen molar-refractivity contribution in [1.29, 1.82) is 0 Å². The van der Waals surface area contributed by atoms with Crippen LogP contribution >= 0.6 is 11.8 Å². The number of hydrogen-bond donors (Lipinski definition) is 0. The summed E-state index contributed by atoms with van der Waals surface area (Å²) < 4.78 is 72.7. The van der Waals surface area contributed by atoms with Gasteiger partial charge in [-0.05, 0) is 29.5 Å². The first-order valence-electron chi connectivity index (χ1n) is 8.45. The lowest BCUT2D eigenvalue weighted by Gasteiger charge is -2.22. The van der Waals surface area contributed by atoms with Crippen molar-refractivity contribution in [3.63, 3.8) is 0 Å². The second-order valence-electron chi connectivity index (χ2n) is 6.39. The Labute approximate surface area is 168 Å². The highest BCUT2D eigenvalue weighted by Gasteiger charge is 2.40. The largest absolute Gasteiger partial charge is 0.465 e. The minimum absolute atomic E-state index is 0.0404. The third-order valence-corrected chi connectivity index (χ3v) is 4.71. The SMILES string of the molecule is COC(=O)c1c(C(F)F)nc(C(F)(F)F)c(CSc2ncccn2)c1CC(C)C. The quantitative estimate of drug-likeness (QED) is 0.261. The molecule has 158 valence electrons. The summed E-state index contributed by atoms with van der Waals surface area (Å²) in [7, 11) is 0.973. The third kappa shape index (κ3) is 5.62. The van der Waals surface area contributed by atoms with Gasteiger partial charge in [0.2, 0.25) is 0 Å². The molecule has 11 heteroatoms. The first-order chi connectivity index (χ1) is 13.6. The lowest BCUT2D eigenvalue weighted by Crippen LogP contribution is -2.22. The van der Waals surface area contributed by atoms with Crippen LogP contribution in [0.3, 0.4) is 0 Å². The molecule has 2 aromatic heterocycles. The van der Waals surface area contributed by atoms with Gasteiger partial charge in [0.15, 0.2) is 5.16 Å². The van der Waals surface area contributed by atoms with Gasteiger partial charge in [0.05, 0.1) is 12.7 Å². The van der Waals surface area contributed by atoms with Crippen LogP contribution in [-0.4, -0.2) is 28.0 Å². The van der Waals surface area contributed by atoms with E-state index in [0.29, 0.717) is 0 Å². The lowest BCUT2D eigenvalue weighted by molar-refractivity contribution is -0.142. The number of pyridine rings is 1. The predicted octanol–water partition coefficient (Wildman–Crippen LogP) is 5.11. The average molecular weight is 435 g/mol. The maximum Gasteiger partial charge on any atom is 0.433 e. The van der Waals surface area contributed by atoms with E-state index in [0.717, 1.165) is 18.9 Å². The van der Waals surface area contributed by atoms with E-state index in [2.05, 4.69) is 19.7 Å². The van der Waals surface area contributed by atoms with Gasteiger partial charge in [-0.3, -0.25) is 0 Å². The first-order valence-corrected chi connectivity index (χ1v) is 9.43. The molecule has 5 nitrogen and oxygen atoms in total. The topological polar surface area (TPSA) is 65.0 Å². The molecule has 0 fully saturated rings. The Morgan fingerprint density at radius 2 is 1.79 bits per heavy atom. The van der Waals surface area contributed by atoms with Crippen molar-refractivity contribution in [2.45, 2.75) is 43.8 Å². The third-order valence-electron chi connectivity index (χ3n) is 3.81. The molecule has 0 spiro atoms. The fourth-order valence-corrected chi connectivity index (χ4v) is 3.56. The highest BCUT2D eigenvalue weighted by Crippen LogP contribution is 2.39. The molecular weight excluding hydrogens is 417 g/mol. The summed E-state index contributed by atoms with van der Waals surface area (Å²) in [5.74, 6) is -1.68. The Morgan fingerprint density at radius 1 is 1.17 bits per heavy atom. The van der Waals surface area contributed by atoms with Gasteiger partial charge < -0.3 is 4.74 Å². The highest BCUT2D eigenvalue weighted by molar-refractivity contribution is 7.98. The van der Waals surface area contributed by atoms with E-state index in [-0.39, 0.29) is 34.4 Å². The monoisotopic (exact) mass is 435 g/mol. The maximum atomic E-state index is 13.7. The Balaban J connectivity index is 2.75. The number of halogens is 5. The number of rotatable bonds is 7. The number of esters is 1. The molecule has 0 amide bonds. The molecule has 0 N–H and O–H groups in total. The standard InChI is InChI=1S/C18H18F5N3O2S/c1-9(2)7-10-11(8-29-17-24-5-4-6-25-17)14(18(21,22)23)26-13(15(19)20)12(10)16(27)28-3/h4-6,9,15H,7-8H2,1-3H3. The van der Waals surface area contributed by atoms with Crippen LogP contribution in [0.15, 0.2) is 23.6 Å². The highest BCUT2D eigenvalue weighted by atomic mass is 32.2. The lowest BCUT2D eigenvalue weighted by atomic mass is 9.91.